The molecule has 1 N–H and O–H groups in total. The van der Waals surface area contributed by atoms with Gasteiger partial charge in [-0.2, -0.15) is 0 Å². The van der Waals surface area contributed by atoms with Crippen molar-refractivity contribution in [3.05, 3.63) is 88.9 Å². The lowest BCUT2D eigenvalue weighted by Gasteiger charge is -2.41. The van der Waals surface area contributed by atoms with Crippen LogP contribution >= 0.6 is 11.6 Å². The van der Waals surface area contributed by atoms with E-state index in [0.29, 0.717) is 17.1 Å². The lowest BCUT2D eigenvalue weighted by molar-refractivity contribution is -0.121. The van der Waals surface area contributed by atoms with Gasteiger partial charge in [0, 0.05) is 17.0 Å². The van der Waals surface area contributed by atoms with E-state index in [-0.39, 0.29) is 17.5 Å². The first-order valence-corrected chi connectivity index (χ1v) is 13.9. The normalized spacial score (nSPS) is 16.5. The van der Waals surface area contributed by atoms with Crippen molar-refractivity contribution in [3.8, 4) is 5.75 Å². The molecule has 4 rings (SSSR count). The molecule has 1 aliphatic heterocycles. The summed E-state index contributed by atoms with van der Waals surface area (Å²) in [6, 6.07) is 20.4. The molecule has 3 aromatic rings. The fraction of sp³-hybridized carbons (Fsp3) is 0.321. The maximum Gasteiger partial charge on any atom is 0.264 e. The van der Waals surface area contributed by atoms with Crippen molar-refractivity contribution in [1.29, 1.82) is 0 Å². The summed E-state index contributed by atoms with van der Waals surface area (Å²) < 4.78 is 34.8. The Bertz CT molecular complexity index is 1340. The molecule has 6 nitrogen and oxygen atoms in total. The van der Waals surface area contributed by atoms with Gasteiger partial charge in [-0.05, 0) is 56.2 Å². The number of rotatable bonds is 8. The molecule has 3 aromatic carbocycles. The highest BCUT2D eigenvalue weighted by atomic mass is 35.5. The minimum Gasteiger partial charge on any atom is -0.487 e. The number of halogens is 1. The minimum absolute atomic E-state index is 0.105. The van der Waals surface area contributed by atoms with Gasteiger partial charge < -0.3 is 10.1 Å². The fourth-order valence-electron chi connectivity index (χ4n) is 4.58. The van der Waals surface area contributed by atoms with E-state index in [1.54, 1.807) is 48.5 Å². The van der Waals surface area contributed by atoms with E-state index in [1.165, 1.54) is 0 Å². The number of amides is 1. The van der Waals surface area contributed by atoms with Crippen LogP contribution < -0.4 is 14.4 Å². The summed E-state index contributed by atoms with van der Waals surface area (Å²) in [6.07, 6.45) is 2.19. The molecular weight excluding hydrogens is 496 g/mol. The molecule has 0 aromatic heterocycles. The third-order valence-electron chi connectivity index (χ3n) is 6.81. The first-order valence-electron chi connectivity index (χ1n) is 12.1. The SMILES string of the molecule is CCC1(CC)C[C@H](NC(=O)CN(c2cccc(Cl)c2)S(=O)(=O)c2ccc(C)cc2)c2ccccc2O1. The molecule has 1 amide bonds. The maximum absolute atomic E-state index is 13.7. The second-order valence-electron chi connectivity index (χ2n) is 9.16. The van der Waals surface area contributed by atoms with E-state index in [2.05, 4.69) is 19.2 Å². The van der Waals surface area contributed by atoms with Gasteiger partial charge in [-0.25, -0.2) is 8.42 Å². The molecule has 190 valence electrons. The maximum atomic E-state index is 13.7. The number of para-hydroxylation sites is 1. The largest absolute Gasteiger partial charge is 0.487 e. The Hall–Kier alpha value is -3.03. The van der Waals surface area contributed by atoms with Gasteiger partial charge in [0.25, 0.3) is 10.0 Å². The van der Waals surface area contributed by atoms with Gasteiger partial charge in [0.1, 0.15) is 17.9 Å². The number of nitrogens with one attached hydrogen (secondary N) is 1. The molecule has 0 unspecified atom stereocenters. The number of sulfonamides is 1. The van der Waals surface area contributed by atoms with Crippen molar-refractivity contribution in [3.63, 3.8) is 0 Å². The van der Waals surface area contributed by atoms with Gasteiger partial charge in [0.15, 0.2) is 0 Å². The monoisotopic (exact) mass is 526 g/mol. The van der Waals surface area contributed by atoms with Crippen LogP contribution in [0.15, 0.2) is 77.7 Å². The predicted molar refractivity (Wildman–Crippen MR) is 143 cm³/mol. The van der Waals surface area contributed by atoms with Crippen molar-refractivity contribution >= 4 is 33.2 Å². The van der Waals surface area contributed by atoms with E-state index in [0.717, 1.165) is 34.0 Å². The van der Waals surface area contributed by atoms with Crippen LogP contribution in [0.25, 0.3) is 0 Å². The summed E-state index contributed by atoms with van der Waals surface area (Å²) >= 11 is 6.18. The number of benzene rings is 3. The third-order valence-corrected chi connectivity index (χ3v) is 8.84. The van der Waals surface area contributed by atoms with Crippen LogP contribution in [0.4, 0.5) is 5.69 Å². The molecule has 0 aliphatic carbocycles. The first-order chi connectivity index (χ1) is 17.2. The Balaban J connectivity index is 1.65. The number of aryl methyl sites for hydroxylation is 1. The van der Waals surface area contributed by atoms with Crippen LogP contribution in [0, 0.1) is 6.92 Å². The quantitative estimate of drug-likeness (QED) is 0.388. The molecule has 8 heteroatoms. The van der Waals surface area contributed by atoms with E-state index >= 15 is 0 Å². The van der Waals surface area contributed by atoms with Crippen molar-refractivity contribution < 1.29 is 17.9 Å². The molecule has 1 atom stereocenters. The highest BCUT2D eigenvalue weighted by Gasteiger charge is 2.39. The minimum atomic E-state index is -4.03. The Kier molecular flexibility index (Phi) is 7.62. The van der Waals surface area contributed by atoms with Gasteiger partial charge in [0.05, 0.1) is 16.6 Å². The van der Waals surface area contributed by atoms with Crippen LogP contribution in [-0.2, 0) is 14.8 Å². The van der Waals surface area contributed by atoms with Crippen molar-refractivity contribution in [2.75, 3.05) is 10.8 Å². The molecule has 36 heavy (non-hydrogen) atoms. The van der Waals surface area contributed by atoms with E-state index < -0.39 is 21.5 Å². The standard InChI is InChI=1S/C28H31ClN2O4S/c1-4-28(5-2)18-25(24-11-6-7-12-26(24)35-28)30-27(32)19-31(22-10-8-9-21(29)17-22)36(33,34)23-15-13-20(3)14-16-23/h6-17,25H,4-5,18-19H2,1-3H3,(H,30,32)/t25-/m0/s1. The zero-order chi connectivity index (χ0) is 25.9. The van der Waals surface area contributed by atoms with Crippen molar-refractivity contribution in [2.45, 2.75) is 56.6 Å². The predicted octanol–water partition coefficient (Wildman–Crippen LogP) is 6.04. The first kappa shape index (κ1) is 26.0. The van der Waals surface area contributed by atoms with Crippen LogP contribution in [0.5, 0.6) is 5.75 Å². The van der Waals surface area contributed by atoms with Crippen LogP contribution in [0.3, 0.4) is 0 Å². The molecule has 0 saturated heterocycles. The Labute approximate surface area is 218 Å². The Morgan fingerprint density at radius 1 is 1.06 bits per heavy atom. The molecule has 1 aliphatic rings. The zero-order valence-electron chi connectivity index (χ0n) is 20.7. The number of fused-ring (bicyclic) bond motifs is 1. The topological polar surface area (TPSA) is 75.7 Å². The Morgan fingerprint density at radius 3 is 2.42 bits per heavy atom. The fourth-order valence-corrected chi connectivity index (χ4v) is 6.18. The summed E-state index contributed by atoms with van der Waals surface area (Å²) in [5.74, 6) is 0.338. The summed E-state index contributed by atoms with van der Waals surface area (Å²) in [5.41, 5.74) is 1.75. The summed E-state index contributed by atoms with van der Waals surface area (Å²) in [4.78, 5) is 13.5. The number of hydrogen-bond donors (Lipinski definition) is 1. The molecule has 0 saturated carbocycles. The molecule has 0 bridgehead atoms. The summed E-state index contributed by atoms with van der Waals surface area (Å²) in [7, 11) is -4.03. The van der Waals surface area contributed by atoms with E-state index in [4.69, 9.17) is 16.3 Å². The smallest absolute Gasteiger partial charge is 0.264 e. The van der Waals surface area contributed by atoms with Gasteiger partial charge >= 0.3 is 0 Å². The van der Waals surface area contributed by atoms with Gasteiger partial charge in [-0.3, -0.25) is 9.10 Å². The van der Waals surface area contributed by atoms with Crippen LogP contribution in [0.2, 0.25) is 5.02 Å². The number of carbonyl (C=O) groups is 1. The second-order valence-corrected chi connectivity index (χ2v) is 11.5. The van der Waals surface area contributed by atoms with Gasteiger partial charge in [-0.1, -0.05) is 67.4 Å². The van der Waals surface area contributed by atoms with Crippen molar-refractivity contribution in [2.24, 2.45) is 0 Å². The van der Waals surface area contributed by atoms with Crippen molar-refractivity contribution in [1.82, 2.24) is 5.32 Å². The molecule has 0 radical (unpaired) electrons. The Morgan fingerprint density at radius 2 is 1.75 bits per heavy atom. The second kappa shape index (κ2) is 10.5. The number of carbonyl (C=O) groups excluding carboxylic acids is 1. The lowest BCUT2D eigenvalue weighted by Crippen LogP contribution is -2.47. The van der Waals surface area contributed by atoms with E-state index in [9.17, 15) is 13.2 Å². The highest BCUT2D eigenvalue weighted by molar-refractivity contribution is 7.92. The number of nitrogens with zero attached hydrogens (tertiary/aromatic N) is 1. The molecule has 1 heterocycles. The average molecular weight is 527 g/mol. The molecular formula is C28H31ClN2O4S. The summed E-state index contributed by atoms with van der Waals surface area (Å²) in [6.45, 7) is 5.65. The summed E-state index contributed by atoms with van der Waals surface area (Å²) in [5, 5.41) is 3.47. The number of anilines is 1. The third kappa shape index (κ3) is 5.37. The number of hydrogen-bond acceptors (Lipinski definition) is 4. The van der Waals surface area contributed by atoms with Crippen LogP contribution in [-0.4, -0.2) is 26.5 Å². The van der Waals surface area contributed by atoms with Gasteiger partial charge in [-0.15, -0.1) is 0 Å². The number of ether oxygens (including phenoxy) is 1. The highest BCUT2D eigenvalue weighted by Crippen LogP contribution is 2.42. The molecule has 0 fully saturated rings. The lowest BCUT2D eigenvalue weighted by atomic mass is 9.83. The zero-order valence-corrected chi connectivity index (χ0v) is 22.3. The average Bonchev–Trinajstić information content (AvgIpc) is 2.87. The van der Waals surface area contributed by atoms with E-state index in [1.807, 2.05) is 31.2 Å². The van der Waals surface area contributed by atoms with Gasteiger partial charge in [0.2, 0.25) is 5.91 Å². The van der Waals surface area contributed by atoms with Crippen LogP contribution in [0.1, 0.15) is 50.3 Å². The molecule has 0 spiro atoms.